The summed E-state index contributed by atoms with van der Waals surface area (Å²) >= 11 is 0. The van der Waals surface area contributed by atoms with Crippen molar-refractivity contribution in [1.82, 2.24) is 10.2 Å². The molecule has 0 radical (unpaired) electrons. The minimum Gasteiger partial charge on any atom is -0.480 e. The van der Waals surface area contributed by atoms with Crippen molar-refractivity contribution in [1.29, 1.82) is 0 Å². The number of carbonyl (C=O) groups is 1. The van der Waals surface area contributed by atoms with Crippen LogP contribution in [0.1, 0.15) is 19.8 Å². The van der Waals surface area contributed by atoms with Gasteiger partial charge in [0.25, 0.3) is 0 Å². The minimum absolute atomic E-state index is 0.189. The number of likely N-dealkylation sites (tertiary alicyclic amines) is 1. The van der Waals surface area contributed by atoms with Gasteiger partial charge in [0.2, 0.25) is 0 Å². The number of nitrogens with zero attached hydrogens (tertiary/aromatic N) is 1. The van der Waals surface area contributed by atoms with Crippen molar-refractivity contribution in [2.75, 3.05) is 40.4 Å². The predicted octanol–water partition coefficient (Wildman–Crippen LogP) is 0.408. The van der Waals surface area contributed by atoms with E-state index in [4.69, 9.17) is 4.74 Å². The smallest absolute Gasteiger partial charge is 0.326 e. The second-order valence-electron chi connectivity index (χ2n) is 5.20. The molecule has 1 heterocycles. The summed E-state index contributed by atoms with van der Waals surface area (Å²) in [6, 6.07) is 0. The van der Waals surface area contributed by atoms with Crippen molar-refractivity contribution in [3.05, 3.63) is 0 Å². The number of aliphatic carboxylic acids is 1. The molecule has 1 unspecified atom stereocenters. The summed E-state index contributed by atoms with van der Waals surface area (Å²) in [6.07, 6.45) is 2.26. The molecule has 1 saturated heterocycles. The van der Waals surface area contributed by atoms with Crippen molar-refractivity contribution in [3.63, 3.8) is 0 Å². The third-order valence-electron chi connectivity index (χ3n) is 3.52. The van der Waals surface area contributed by atoms with Crippen LogP contribution in [-0.4, -0.2) is 61.9 Å². The third kappa shape index (κ3) is 4.26. The SMILES string of the molecule is COCC(C)(NCC1CCN(C)CC1)C(=O)O. The van der Waals surface area contributed by atoms with E-state index < -0.39 is 11.5 Å². The number of carboxylic acid groups (broad SMARTS) is 1. The first kappa shape index (κ1) is 14.4. The molecule has 1 rings (SSSR count). The van der Waals surface area contributed by atoms with E-state index in [0.29, 0.717) is 5.92 Å². The fourth-order valence-corrected chi connectivity index (χ4v) is 2.11. The molecule has 0 amide bonds. The molecule has 0 aliphatic carbocycles. The highest BCUT2D eigenvalue weighted by atomic mass is 16.5. The van der Waals surface area contributed by atoms with E-state index in [2.05, 4.69) is 17.3 Å². The minimum atomic E-state index is -0.974. The lowest BCUT2D eigenvalue weighted by Gasteiger charge is -2.32. The lowest BCUT2D eigenvalue weighted by atomic mass is 9.95. The maximum absolute atomic E-state index is 11.2. The molecule has 5 nitrogen and oxygen atoms in total. The maximum atomic E-state index is 11.2. The van der Waals surface area contributed by atoms with Crippen LogP contribution in [0.3, 0.4) is 0 Å². The van der Waals surface area contributed by atoms with E-state index in [1.165, 1.54) is 7.11 Å². The lowest BCUT2D eigenvalue weighted by Crippen LogP contribution is -2.54. The van der Waals surface area contributed by atoms with Crippen molar-refractivity contribution >= 4 is 5.97 Å². The van der Waals surface area contributed by atoms with Crippen molar-refractivity contribution < 1.29 is 14.6 Å². The predicted molar refractivity (Wildman–Crippen MR) is 66.1 cm³/mol. The monoisotopic (exact) mass is 244 g/mol. The summed E-state index contributed by atoms with van der Waals surface area (Å²) in [7, 11) is 3.65. The Morgan fingerprint density at radius 2 is 2.12 bits per heavy atom. The van der Waals surface area contributed by atoms with Crippen LogP contribution in [0.15, 0.2) is 0 Å². The summed E-state index contributed by atoms with van der Waals surface area (Å²) < 4.78 is 4.97. The Bertz CT molecular complexity index is 252. The standard InChI is InChI=1S/C12H24N2O3/c1-12(9-17-3,11(15)16)13-8-10-4-6-14(2)7-5-10/h10,13H,4-9H2,1-3H3,(H,15,16). The van der Waals surface area contributed by atoms with Crippen molar-refractivity contribution in [2.45, 2.75) is 25.3 Å². The molecule has 5 heteroatoms. The molecule has 0 aromatic carbocycles. The fraction of sp³-hybridized carbons (Fsp3) is 0.917. The van der Waals surface area contributed by atoms with Gasteiger partial charge in [-0.25, -0.2) is 0 Å². The quantitative estimate of drug-likeness (QED) is 0.708. The van der Waals surface area contributed by atoms with Crippen LogP contribution in [0.2, 0.25) is 0 Å². The van der Waals surface area contributed by atoms with Gasteiger partial charge in [0.05, 0.1) is 6.61 Å². The summed E-state index contributed by atoms with van der Waals surface area (Å²) in [5.41, 5.74) is -0.974. The van der Waals surface area contributed by atoms with E-state index in [1.807, 2.05) is 0 Å². The first-order valence-corrected chi connectivity index (χ1v) is 6.14. The van der Waals surface area contributed by atoms with Crippen LogP contribution in [0.5, 0.6) is 0 Å². The third-order valence-corrected chi connectivity index (χ3v) is 3.52. The van der Waals surface area contributed by atoms with Gasteiger partial charge in [-0.3, -0.25) is 10.1 Å². The highest BCUT2D eigenvalue weighted by molar-refractivity contribution is 5.78. The topological polar surface area (TPSA) is 61.8 Å². The zero-order valence-corrected chi connectivity index (χ0v) is 11.0. The van der Waals surface area contributed by atoms with Crippen molar-refractivity contribution in [3.8, 4) is 0 Å². The molecule has 0 spiro atoms. The van der Waals surface area contributed by atoms with E-state index in [0.717, 1.165) is 32.5 Å². The maximum Gasteiger partial charge on any atom is 0.326 e. The molecule has 0 bridgehead atoms. The van der Waals surface area contributed by atoms with Gasteiger partial charge in [-0.15, -0.1) is 0 Å². The van der Waals surface area contributed by atoms with Crippen LogP contribution >= 0.6 is 0 Å². The van der Waals surface area contributed by atoms with Crippen LogP contribution in [0, 0.1) is 5.92 Å². The molecule has 100 valence electrons. The Balaban J connectivity index is 2.39. The zero-order valence-electron chi connectivity index (χ0n) is 11.0. The van der Waals surface area contributed by atoms with Gasteiger partial charge in [0, 0.05) is 7.11 Å². The van der Waals surface area contributed by atoms with Gasteiger partial charge in [-0.1, -0.05) is 0 Å². The van der Waals surface area contributed by atoms with Crippen LogP contribution < -0.4 is 5.32 Å². The Hall–Kier alpha value is -0.650. The number of rotatable bonds is 6. The molecule has 17 heavy (non-hydrogen) atoms. The van der Waals surface area contributed by atoms with Gasteiger partial charge < -0.3 is 14.7 Å². The number of carboxylic acids is 1. The molecule has 1 aliphatic rings. The first-order valence-electron chi connectivity index (χ1n) is 6.14. The normalized spacial score (nSPS) is 22.3. The van der Waals surface area contributed by atoms with Gasteiger partial charge in [-0.05, 0) is 52.4 Å². The largest absolute Gasteiger partial charge is 0.480 e. The van der Waals surface area contributed by atoms with Gasteiger partial charge in [0.15, 0.2) is 0 Å². The Morgan fingerprint density at radius 3 is 2.59 bits per heavy atom. The fourth-order valence-electron chi connectivity index (χ4n) is 2.11. The number of hydrogen-bond donors (Lipinski definition) is 2. The first-order chi connectivity index (χ1) is 7.98. The van der Waals surface area contributed by atoms with E-state index in [1.54, 1.807) is 6.92 Å². The molecule has 1 atom stereocenters. The highest BCUT2D eigenvalue weighted by Crippen LogP contribution is 2.16. The summed E-state index contributed by atoms with van der Waals surface area (Å²) in [6.45, 7) is 4.81. The number of hydrogen-bond acceptors (Lipinski definition) is 4. The molecule has 0 aromatic heterocycles. The molecule has 0 saturated carbocycles. The summed E-state index contributed by atoms with van der Waals surface area (Å²) in [5, 5.41) is 12.3. The molecule has 1 fully saturated rings. The molecular weight excluding hydrogens is 220 g/mol. The number of nitrogens with one attached hydrogen (secondary N) is 1. The zero-order chi connectivity index (χ0) is 12.9. The Labute approximate surface area is 103 Å². The average molecular weight is 244 g/mol. The van der Waals surface area contributed by atoms with E-state index in [-0.39, 0.29) is 6.61 Å². The van der Waals surface area contributed by atoms with Crippen LogP contribution in [0.4, 0.5) is 0 Å². The second-order valence-corrected chi connectivity index (χ2v) is 5.20. The summed E-state index contributed by atoms with van der Waals surface area (Å²) in [5.74, 6) is -0.283. The highest BCUT2D eigenvalue weighted by Gasteiger charge is 2.33. The molecule has 2 N–H and O–H groups in total. The second kappa shape index (κ2) is 6.33. The molecule has 0 aromatic rings. The number of piperidine rings is 1. The summed E-state index contributed by atoms with van der Waals surface area (Å²) in [4.78, 5) is 13.5. The van der Waals surface area contributed by atoms with Gasteiger partial charge in [-0.2, -0.15) is 0 Å². The number of ether oxygens (including phenoxy) is 1. The van der Waals surface area contributed by atoms with E-state index >= 15 is 0 Å². The molecular formula is C12H24N2O3. The number of methoxy groups -OCH3 is 1. The molecule has 1 aliphatic heterocycles. The average Bonchev–Trinajstić information content (AvgIpc) is 2.28. The Morgan fingerprint density at radius 1 is 1.53 bits per heavy atom. The Kier molecular flexibility index (Phi) is 5.36. The van der Waals surface area contributed by atoms with Crippen LogP contribution in [-0.2, 0) is 9.53 Å². The van der Waals surface area contributed by atoms with Gasteiger partial charge in [0.1, 0.15) is 5.54 Å². The van der Waals surface area contributed by atoms with Crippen molar-refractivity contribution in [2.24, 2.45) is 5.92 Å². The van der Waals surface area contributed by atoms with Gasteiger partial charge >= 0.3 is 5.97 Å². The lowest BCUT2D eigenvalue weighted by molar-refractivity contribution is -0.146. The van der Waals surface area contributed by atoms with Crippen LogP contribution in [0.25, 0.3) is 0 Å². The van der Waals surface area contributed by atoms with E-state index in [9.17, 15) is 9.90 Å².